The summed E-state index contributed by atoms with van der Waals surface area (Å²) in [5, 5.41) is 7.53. The van der Waals surface area contributed by atoms with Crippen LogP contribution in [0.2, 0.25) is 0 Å². The second kappa shape index (κ2) is 10.8. The molecule has 0 spiro atoms. The molecule has 0 atom stereocenters. The highest BCUT2D eigenvalue weighted by Crippen LogP contribution is 2.40. The highest BCUT2D eigenvalue weighted by molar-refractivity contribution is 6.14. The van der Waals surface area contributed by atoms with Gasteiger partial charge in [-0.3, -0.25) is 0 Å². The lowest BCUT2D eigenvalue weighted by atomic mass is 10.0. The van der Waals surface area contributed by atoms with Gasteiger partial charge in [-0.05, 0) is 90.0 Å². The molecular formula is C48H31N3. The molecule has 0 radical (unpaired) electrons. The number of hydrogen-bond acceptors (Lipinski definition) is 0. The van der Waals surface area contributed by atoms with Gasteiger partial charge in [0.25, 0.3) is 0 Å². The van der Waals surface area contributed by atoms with Crippen LogP contribution in [-0.4, -0.2) is 13.7 Å². The Bertz CT molecular complexity index is 3120. The fourth-order valence-corrected chi connectivity index (χ4v) is 8.39. The molecule has 0 unspecified atom stereocenters. The van der Waals surface area contributed by atoms with Crippen LogP contribution in [0.1, 0.15) is 0 Å². The van der Waals surface area contributed by atoms with Crippen molar-refractivity contribution in [2.24, 2.45) is 0 Å². The summed E-state index contributed by atoms with van der Waals surface area (Å²) in [5.41, 5.74) is 13.2. The molecule has 3 heteroatoms. The lowest BCUT2D eigenvalue weighted by Gasteiger charge is -2.11. The van der Waals surface area contributed by atoms with Gasteiger partial charge in [0, 0.05) is 49.4 Å². The van der Waals surface area contributed by atoms with Gasteiger partial charge in [0.15, 0.2) is 0 Å². The van der Waals surface area contributed by atoms with Gasteiger partial charge in [-0.25, -0.2) is 0 Å². The van der Waals surface area contributed by atoms with Crippen molar-refractivity contribution < 1.29 is 0 Å². The molecule has 0 N–H and O–H groups in total. The molecule has 0 saturated carbocycles. The molecular weight excluding hydrogens is 619 g/mol. The second-order valence-corrected chi connectivity index (χ2v) is 13.4. The quantitative estimate of drug-likeness (QED) is 0.180. The zero-order valence-electron chi connectivity index (χ0n) is 27.7. The molecule has 11 rings (SSSR count). The van der Waals surface area contributed by atoms with Gasteiger partial charge in [-0.15, -0.1) is 0 Å². The van der Waals surface area contributed by atoms with Crippen LogP contribution in [-0.2, 0) is 0 Å². The van der Waals surface area contributed by atoms with Crippen molar-refractivity contribution in [3.8, 4) is 28.2 Å². The molecule has 11 aromatic rings. The highest BCUT2D eigenvalue weighted by atomic mass is 15.0. The Balaban J connectivity index is 1.11. The summed E-state index contributed by atoms with van der Waals surface area (Å²) in [5.74, 6) is 0. The van der Waals surface area contributed by atoms with Crippen LogP contribution in [0.4, 0.5) is 0 Å². The third-order valence-electron chi connectivity index (χ3n) is 10.6. The molecule has 0 aliphatic rings. The number of para-hydroxylation sites is 5. The Morgan fingerprint density at radius 3 is 1.22 bits per heavy atom. The van der Waals surface area contributed by atoms with Gasteiger partial charge in [0.1, 0.15) is 0 Å². The minimum atomic E-state index is 1.16. The van der Waals surface area contributed by atoms with Crippen molar-refractivity contribution in [3.05, 3.63) is 188 Å². The molecule has 51 heavy (non-hydrogen) atoms. The summed E-state index contributed by atoms with van der Waals surface area (Å²) in [6.07, 6.45) is 0. The standard InChI is InChI=1S/C48H31N3/c1-3-13-34(14-4-1)49-44-21-11-9-19-39(44)42-31-36(25-28-47(42)49)51-45-22-12-8-18-38(45)41-29-32(24-27-46(41)51)33-23-26-40-37-17-7-10-20-43(37)50(48(40)30-33)35-15-5-2-6-16-35/h1-31H. The number of fused-ring (bicyclic) bond motifs is 9. The van der Waals surface area contributed by atoms with E-state index in [4.69, 9.17) is 0 Å². The Kier molecular flexibility index (Phi) is 5.96. The minimum absolute atomic E-state index is 1.16. The number of nitrogens with zero attached hydrogens (tertiary/aromatic N) is 3. The van der Waals surface area contributed by atoms with Gasteiger partial charge >= 0.3 is 0 Å². The van der Waals surface area contributed by atoms with Crippen LogP contribution in [0.5, 0.6) is 0 Å². The molecule has 0 fully saturated rings. The van der Waals surface area contributed by atoms with E-state index in [0.29, 0.717) is 0 Å². The van der Waals surface area contributed by atoms with Gasteiger partial charge in [0.05, 0.1) is 33.1 Å². The van der Waals surface area contributed by atoms with Crippen molar-refractivity contribution in [2.75, 3.05) is 0 Å². The first-order chi connectivity index (χ1) is 25.3. The van der Waals surface area contributed by atoms with E-state index in [0.717, 1.165) is 5.69 Å². The number of aromatic nitrogens is 3. The number of benzene rings is 8. The van der Waals surface area contributed by atoms with E-state index < -0.39 is 0 Å². The third-order valence-corrected chi connectivity index (χ3v) is 10.6. The first kappa shape index (κ1) is 28.0. The Hall–Kier alpha value is -6.84. The maximum Gasteiger partial charge on any atom is 0.0547 e. The van der Waals surface area contributed by atoms with Crippen molar-refractivity contribution in [3.63, 3.8) is 0 Å². The van der Waals surface area contributed by atoms with Gasteiger partial charge in [-0.1, -0.05) is 109 Å². The third kappa shape index (κ3) is 4.12. The van der Waals surface area contributed by atoms with Crippen LogP contribution in [0.3, 0.4) is 0 Å². The lowest BCUT2D eigenvalue weighted by molar-refractivity contribution is 1.17. The Labute approximate surface area is 294 Å². The van der Waals surface area contributed by atoms with Crippen molar-refractivity contribution in [1.82, 2.24) is 13.7 Å². The smallest absolute Gasteiger partial charge is 0.0547 e. The maximum atomic E-state index is 2.43. The van der Waals surface area contributed by atoms with E-state index in [1.165, 1.54) is 87.9 Å². The Morgan fingerprint density at radius 2 is 0.608 bits per heavy atom. The summed E-state index contributed by atoms with van der Waals surface area (Å²) in [6, 6.07) is 68.4. The zero-order valence-corrected chi connectivity index (χ0v) is 27.7. The molecule has 8 aromatic carbocycles. The number of rotatable bonds is 4. The summed E-state index contributed by atoms with van der Waals surface area (Å²) >= 11 is 0. The summed E-state index contributed by atoms with van der Waals surface area (Å²) in [7, 11) is 0. The lowest BCUT2D eigenvalue weighted by Crippen LogP contribution is -1.95. The molecule has 0 aliphatic heterocycles. The zero-order chi connectivity index (χ0) is 33.5. The molecule has 0 aliphatic carbocycles. The monoisotopic (exact) mass is 649 g/mol. The molecule has 0 saturated heterocycles. The second-order valence-electron chi connectivity index (χ2n) is 13.4. The van der Waals surface area contributed by atoms with E-state index >= 15 is 0 Å². The molecule has 3 nitrogen and oxygen atoms in total. The molecule has 0 bridgehead atoms. The molecule has 3 aromatic heterocycles. The van der Waals surface area contributed by atoms with Crippen LogP contribution in [0, 0.1) is 0 Å². The van der Waals surface area contributed by atoms with Crippen molar-refractivity contribution >= 4 is 65.4 Å². The van der Waals surface area contributed by atoms with Gasteiger partial charge < -0.3 is 13.7 Å². The topological polar surface area (TPSA) is 14.8 Å². The average molecular weight is 650 g/mol. The number of hydrogen-bond donors (Lipinski definition) is 0. The van der Waals surface area contributed by atoms with Crippen LogP contribution >= 0.6 is 0 Å². The normalized spacial score (nSPS) is 11.9. The summed E-state index contributed by atoms with van der Waals surface area (Å²) in [4.78, 5) is 0. The SMILES string of the molecule is c1ccc(-n2c3ccccc3c3cc(-n4c5ccccc5c5cc(-c6ccc7c8ccccc8n(-c8ccccc8)c7c6)ccc54)ccc32)cc1. The first-order valence-corrected chi connectivity index (χ1v) is 17.5. The van der Waals surface area contributed by atoms with E-state index in [1.807, 2.05) is 0 Å². The van der Waals surface area contributed by atoms with Crippen LogP contribution < -0.4 is 0 Å². The predicted molar refractivity (Wildman–Crippen MR) is 215 cm³/mol. The fraction of sp³-hybridized carbons (Fsp3) is 0. The van der Waals surface area contributed by atoms with E-state index in [-0.39, 0.29) is 0 Å². The summed E-state index contributed by atoms with van der Waals surface area (Å²) in [6.45, 7) is 0. The largest absolute Gasteiger partial charge is 0.309 e. The maximum absolute atomic E-state index is 2.43. The minimum Gasteiger partial charge on any atom is -0.309 e. The van der Waals surface area contributed by atoms with E-state index in [9.17, 15) is 0 Å². The Morgan fingerprint density at radius 1 is 0.216 bits per heavy atom. The first-order valence-electron chi connectivity index (χ1n) is 17.5. The molecule has 238 valence electrons. The van der Waals surface area contributed by atoms with Crippen molar-refractivity contribution in [1.29, 1.82) is 0 Å². The van der Waals surface area contributed by atoms with Crippen molar-refractivity contribution in [2.45, 2.75) is 0 Å². The highest BCUT2D eigenvalue weighted by Gasteiger charge is 2.18. The predicted octanol–water partition coefficient (Wildman–Crippen LogP) is 12.6. The van der Waals surface area contributed by atoms with Gasteiger partial charge in [0.2, 0.25) is 0 Å². The van der Waals surface area contributed by atoms with E-state index in [1.54, 1.807) is 0 Å². The molecule has 0 amide bonds. The fourth-order valence-electron chi connectivity index (χ4n) is 8.39. The van der Waals surface area contributed by atoms with Crippen LogP contribution in [0.25, 0.3) is 93.6 Å². The molecule has 3 heterocycles. The van der Waals surface area contributed by atoms with Crippen LogP contribution in [0.15, 0.2) is 188 Å². The van der Waals surface area contributed by atoms with Gasteiger partial charge in [-0.2, -0.15) is 0 Å². The average Bonchev–Trinajstić information content (AvgIpc) is 3.83. The summed E-state index contributed by atoms with van der Waals surface area (Å²) < 4.78 is 7.20. The van der Waals surface area contributed by atoms with E-state index in [2.05, 4.69) is 202 Å².